The summed E-state index contributed by atoms with van der Waals surface area (Å²) in [5.41, 5.74) is 1.15. The highest BCUT2D eigenvalue weighted by atomic mass is 35.5. The topological polar surface area (TPSA) is 42.0 Å². The molecule has 1 amide bonds. The lowest BCUT2D eigenvalue weighted by Crippen LogP contribution is -2.26. The maximum absolute atomic E-state index is 12.2. The van der Waals surface area contributed by atoms with E-state index in [0.29, 0.717) is 10.7 Å². The highest BCUT2D eigenvalue weighted by Gasteiger charge is 2.16. The first-order chi connectivity index (χ1) is 10.2. The van der Waals surface area contributed by atoms with Crippen molar-refractivity contribution in [1.82, 2.24) is 10.3 Å². The van der Waals surface area contributed by atoms with Gasteiger partial charge in [0.15, 0.2) is 0 Å². The molecule has 0 radical (unpaired) electrons. The first-order valence-corrected chi connectivity index (χ1v) is 7.95. The molecule has 4 heteroatoms. The Balaban J connectivity index is 1.66. The Morgan fingerprint density at radius 2 is 2.05 bits per heavy atom. The molecule has 0 bridgehead atoms. The van der Waals surface area contributed by atoms with E-state index in [9.17, 15) is 4.79 Å². The Bertz CT molecular complexity index is 650. The van der Waals surface area contributed by atoms with Gasteiger partial charge in [0.2, 0.25) is 0 Å². The van der Waals surface area contributed by atoms with Gasteiger partial charge in [0, 0.05) is 11.9 Å². The van der Waals surface area contributed by atoms with E-state index in [0.717, 1.165) is 29.8 Å². The Morgan fingerprint density at radius 3 is 2.86 bits per heavy atom. The highest BCUT2D eigenvalue weighted by molar-refractivity contribution is 6.35. The van der Waals surface area contributed by atoms with Gasteiger partial charge in [0.25, 0.3) is 5.91 Å². The van der Waals surface area contributed by atoms with Crippen molar-refractivity contribution in [2.24, 2.45) is 5.92 Å². The molecule has 0 saturated heterocycles. The smallest absolute Gasteiger partial charge is 0.269 e. The molecule has 3 rings (SSSR count). The average Bonchev–Trinajstić information content (AvgIpc) is 3.00. The first-order valence-electron chi connectivity index (χ1n) is 7.57. The molecule has 21 heavy (non-hydrogen) atoms. The van der Waals surface area contributed by atoms with Gasteiger partial charge in [-0.2, -0.15) is 0 Å². The van der Waals surface area contributed by atoms with Crippen LogP contribution in [0.1, 0.15) is 42.6 Å². The Kier molecular flexibility index (Phi) is 4.39. The van der Waals surface area contributed by atoms with Crippen molar-refractivity contribution in [2.45, 2.75) is 32.1 Å². The number of carbonyl (C=O) groups is 1. The van der Waals surface area contributed by atoms with Gasteiger partial charge < -0.3 is 5.32 Å². The van der Waals surface area contributed by atoms with Gasteiger partial charge in [0.1, 0.15) is 5.69 Å². The third-order valence-corrected chi connectivity index (χ3v) is 4.52. The van der Waals surface area contributed by atoms with E-state index in [1.807, 2.05) is 24.3 Å². The van der Waals surface area contributed by atoms with E-state index in [-0.39, 0.29) is 5.91 Å². The number of para-hydroxylation sites is 1. The van der Waals surface area contributed by atoms with E-state index >= 15 is 0 Å². The zero-order valence-corrected chi connectivity index (χ0v) is 12.7. The van der Waals surface area contributed by atoms with Crippen LogP contribution < -0.4 is 5.32 Å². The molecule has 0 atom stereocenters. The number of hydrogen-bond acceptors (Lipinski definition) is 2. The lowest BCUT2D eigenvalue weighted by atomic mass is 10.0. The number of fused-ring (bicyclic) bond motifs is 1. The minimum atomic E-state index is -0.138. The fraction of sp³-hybridized carbons (Fsp3) is 0.412. The predicted molar refractivity (Wildman–Crippen MR) is 85.7 cm³/mol. The average molecular weight is 303 g/mol. The molecule has 0 aliphatic heterocycles. The molecular formula is C17H19ClN2O. The zero-order valence-electron chi connectivity index (χ0n) is 11.9. The maximum atomic E-state index is 12.2. The Labute approximate surface area is 129 Å². The summed E-state index contributed by atoms with van der Waals surface area (Å²) >= 11 is 6.22. The van der Waals surface area contributed by atoms with Crippen LogP contribution in [0.2, 0.25) is 5.02 Å². The normalized spacial score (nSPS) is 15.5. The van der Waals surface area contributed by atoms with Crippen molar-refractivity contribution < 1.29 is 4.79 Å². The van der Waals surface area contributed by atoms with Crippen LogP contribution >= 0.6 is 11.6 Å². The van der Waals surface area contributed by atoms with Crippen LogP contribution in [0.25, 0.3) is 10.9 Å². The second-order valence-electron chi connectivity index (χ2n) is 5.70. The number of pyridine rings is 1. The summed E-state index contributed by atoms with van der Waals surface area (Å²) in [6.07, 6.45) is 6.33. The molecule has 3 nitrogen and oxygen atoms in total. The number of hydrogen-bond donors (Lipinski definition) is 1. The van der Waals surface area contributed by atoms with Crippen molar-refractivity contribution in [3.63, 3.8) is 0 Å². The zero-order chi connectivity index (χ0) is 14.7. The molecule has 1 aliphatic rings. The van der Waals surface area contributed by atoms with Crippen molar-refractivity contribution in [3.8, 4) is 0 Å². The minimum Gasteiger partial charge on any atom is -0.351 e. The van der Waals surface area contributed by atoms with Crippen LogP contribution in [-0.4, -0.2) is 17.4 Å². The van der Waals surface area contributed by atoms with E-state index in [4.69, 9.17) is 11.6 Å². The molecule has 1 fully saturated rings. The van der Waals surface area contributed by atoms with Crippen LogP contribution in [0.4, 0.5) is 0 Å². The minimum absolute atomic E-state index is 0.138. The van der Waals surface area contributed by atoms with Gasteiger partial charge in [-0.05, 0) is 24.5 Å². The maximum Gasteiger partial charge on any atom is 0.269 e. The quantitative estimate of drug-likeness (QED) is 0.919. The van der Waals surface area contributed by atoms with Gasteiger partial charge in [-0.3, -0.25) is 4.79 Å². The summed E-state index contributed by atoms with van der Waals surface area (Å²) in [5, 5.41) is 4.41. The summed E-state index contributed by atoms with van der Waals surface area (Å²) in [5.74, 6) is 0.638. The van der Waals surface area contributed by atoms with Crippen LogP contribution in [0, 0.1) is 5.92 Å². The predicted octanol–water partition coefficient (Wildman–Crippen LogP) is 4.20. The number of nitrogens with zero attached hydrogens (tertiary/aromatic N) is 1. The molecule has 2 aromatic rings. The van der Waals surface area contributed by atoms with Gasteiger partial charge in [-0.25, -0.2) is 4.98 Å². The second kappa shape index (κ2) is 6.44. The number of benzene rings is 1. The van der Waals surface area contributed by atoms with Gasteiger partial charge in [-0.1, -0.05) is 55.5 Å². The standard InChI is InChI=1S/C17H19ClN2O/c18-14-11-16(20-15-8-4-3-7-13(14)15)17(21)19-10-9-12-5-1-2-6-12/h3-4,7-8,11-12H,1-2,5-6,9-10H2,(H,19,21). The molecule has 1 heterocycles. The van der Waals surface area contributed by atoms with E-state index in [1.54, 1.807) is 6.07 Å². The molecule has 1 N–H and O–H groups in total. The van der Waals surface area contributed by atoms with Crippen LogP contribution in [0.15, 0.2) is 30.3 Å². The van der Waals surface area contributed by atoms with Gasteiger partial charge >= 0.3 is 0 Å². The summed E-state index contributed by atoms with van der Waals surface area (Å²) in [7, 11) is 0. The molecule has 110 valence electrons. The molecule has 1 aliphatic carbocycles. The fourth-order valence-corrected chi connectivity index (χ4v) is 3.29. The number of nitrogens with one attached hydrogen (secondary N) is 1. The monoisotopic (exact) mass is 302 g/mol. The van der Waals surface area contributed by atoms with E-state index in [1.165, 1.54) is 25.7 Å². The third kappa shape index (κ3) is 3.35. The number of carbonyl (C=O) groups excluding carboxylic acids is 1. The summed E-state index contributed by atoms with van der Waals surface area (Å²) < 4.78 is 0. The molecule has 1 saturated carbocycles. The summed E-state index contributed by atoms with van der Waals surface area (Å²) in [6.45, 7) is 0.718. The number of amides is 1. The van der Waals surface area contributed by atoms with Crippen molar-refractivity contribution in [2.75, 3.05) is 6.54 Å². The Morgan fingerprint density at radius 1 is 1.29 bits per heavy atom. The first kappa shape index (κ1) is 14.3. The molecular weight excluding hydrogens is 284 g/mol. The largest absolute Gasteiger partial charge is 0.351 e. The number of halogens is 1. The lowest BCUT2D eigenvalue weighted by Gasteiger charge is -2.10. The SMILES string of the molecule is O=C(NCCC1CCCC1)c1cc(Cl)c2ccccc2n1. The molecule has 0 unspecified atom stereocenters. The summed E-state index contributed by atoms with van der Waals surface area (Å²) in [6, 6.07) is 9.24. The molecule has 0 spiro atoms. The molecule has 1 aromatic heterocycles. The highest BCUT2D eigenvalue weighted by Crippen LogP contribution is 2.27. The van der Waals surface area contributed by atoms with Crippen molar-refractivity contribution in [3.05, 3.63) is 41.0 Å². The Hall–Kier alpha value is -1.61. The van der Waals surface area contributed by atoms with Gasteiger partial charge in [-0.15, -0.1) is 0 Å². The number of rotatable bonds is 4. The van der Waals surface area contributed by atoms with Crippen LogP contribution in [-0.2, 0) is 0 Å². The second-order valence-corrected chi connectivity index (χ2v) is 6.11. The lowest BCUT2D eigenvalue weighted by molar-refractivity contribution is 0.0947. The molecule has 1 aromatic carbocycles. The van der Waals surface area contributed by atoms with E-state index < -0.39 is 0 Å². The van der Waals surface area contributed by atoms with Gasteiger partial charge in [0.05, 0.1) is 10.5 Å². The summed E-state index contributed by atoms with van der Waals surface area (Å²) in [4.78, 5) is 16.6. The van der Waals surface area contributed by atoms with Crippen LogP contribution in [0.5, 0.6) is 0 Å². The van der Waals surface area contributed by atoms with Crippen molar-refractivity contribution >= 4 is 28.4 Å². The fourth-order valence-electron chi connectivity index (χ4n) is 3.03. The van der Waals surface area contributed by atoms with E-state index in [2.05, 4.69) is 10.3 Å². The van der Waals surface area contributed by atoms with Crippen molar-refractivity contribution in [1.29, 1.82) is 0 Å². The third-order valence-electron chi connectivity index (χ3n) is 4.21. The van der Waals surface area contributed by atoms with Crippen LogP contribution in [0.3, 0.4) is 0 Å². The number of aromatic nitrogens is 1.